The van der Waals surface area contributed by atoms with Gasteiger partial charge in [0.15, 0.2) is 0 Å². The third-order valence-electron chi connectivity index (χ3n) is 4.40. The molecule has 2 N–H and O–H groups in total. The second kappa shape index (κ2) is 7.53. The zero-order valence-corrected chi connectivity index (χ0v) is 17.0. The van der Waals surface area contributed by atoms with E-state index < -0.39 is 16.1 Å². The molecule has 6 nitrogen and oxygen atoms in total. The van der Waals surface area contributed by atoms with Gasteiger partial charge in [-0.2, -0.15) is 16.1 Å². The average Bonchev–Trinajstić information content (AvgIpc) is 2.61. The molecule has 1 aliphatic heterocycles. The Bertz CT molecular complexity index is 913. The van der Waals surface area contributed by atoms with Crippen LogP contribution in [0.15, 0.2) is 66.0 Å². The molecule has 2 aromatic rings. The third-order valence-corrected chi connectivity index (χ3v) is 7.63. The van der Waals surface area contributed by atoms with Crippen LogP contribution >= 0.6 is 11.8 Å². The quantitative estimate of drug-likeness (QED) is 0.822. The standard InChI is InChI=1S/C19H23N3O3S2/c1-14(20)18-19(2,3)26-13-12-22(18)27(23,24)17-6-4-15(5-7-17)25-16-8-10-21-11-9-16/h4-11,18H,1,12-13,20H2,2-3H3/t18-/m0/s1. The number of sulfonamides is 1. The maximum atomic E-state index is 13.2. The van der Waals surface area contributed by atoms with E-state index >= 15 is 0 Å². The monoisotopic (exact) mass is 405 g/mol. The summed E-state index contributed by atoms with van der Waals surface area (Å²) in [4.78, 5) is 4.14. The first kappa shape index (κ1) is 19.7. The van der Waals surface area contributed by atoms with Crippen LogP contribution in [0.3, 0.4) is 0 Å². The van der Waals surface area contributed by atoms with Gasteiger partial charge in [0.1, 0.15) is 11.5 Å². The Morgan fingerprint density at radius 2 is 1.81 bits per heavy atom. The summed E-state index contributed by atoms with van der Waals surface area (Å²) in [5.41, 5.74) is 6.33. The van der Waals surface area contributed by atoms with Gasteiger partial charge in [-0.05, 0) is 50.2 Å². The average molecular weight is 406 g/mol. The van der Waals surface area contributed by atoms with Crippen molar-refractivity contribution in [2.45, 2.75) is 29.5 Å². The van der Waals surface area contributed by atoms with E-state index in [9.17, 15) is 8.42 Å². The van der Waals surface area contributed by atoms with Gasteiger partial charge in [-0.1, -0.05) is 6.58 Å². The van der Waals surface area contributed by atoms with Crippen molar-refractivity contribution in [1.82, 2.24) is 9.29 Å². The molecule has 0 aliphatic carbocycles. The minimum Gasteiger partial charge on any atom is -0.457 e. The summed E-state index contributed by atoms with van der Waals surface area (Å²) in [5.74, 6) is 1.89. The topological polar surface area (TPSA) is 85.5 Å². The van der Waals surface area contributed by atoms with Gasteiger partial charge in [0.2, 0.25) is 10.0 Å². The van der Waals surface area contributed by atoms with Crippen molar-refractivity contribution in [3.05, 3.63) is 61.1 Å². The van der Waals surface area contributed by atoms with Gasteiger partial charge < -0.3 is 10.5 Å². The van der Waals surface area contributed by atoms with Crippen molar-refractivity contribution in [2.24, 2.45) is 5.73 Å². The lowest BCUT2D eigenvalue weighted by Crippen LogP contribution is -2.56. The summed E-state index contributed by atoms with van der Waals surface area (Å²) < 4.78 is 33.3. The summed E-state index contributed by atoms with van der Waals surface area (Å²) in [6.07, 6.45) is 3.26. The fourth-order valence-corrected chi connectivity index (χ4v) is 6.39. The molecule has 1 atom stereocenters. The van der Waals surface area contributed by atoms with Crippen molar-refractivity contribution in [3.63, 3.8) is 0 Å². The fraction of sp³-hybridized carbons (Fsp3) is 0.316. The summed E-state index contributed by atoms with van der Waals surface area (Å²) in [6.45, 7) is 8.21. The number of aromatic nitrogens is 1. The zero-order valence-electron chi connectivity index (χ0n) is 15.3. The molecule has 1 saturated heterocycles. The molecule has 1 aliphatic rings. The molecule has 0 saturated carbocycles. The highest BCUT2D eigenvalue weighted by Crippen LogP contribution is 2.40. The Kier molecular flexibility index (Phi) is 5.50. The molecule has 0 unspecified atom stereocenters. The zero-order chi connectivity index (χ0) is 19.7. The summed E-state index contributed by atoms with van der Waals surface area (Å²) in [6, 6.07) is 9.39. The smallest absolute Gasteiger partial charge is 0.243 e. The van der Waals surface area contributed by atoms with Gasteiger partial charge in [-0.3, -0.25) is 4.98 Å². The fourth-order valence-electron chi connectivity index (χ4n) is 3.20. The number of hydrogen-bond acceptors (Lipinski definition) is 6. The SMILES string of the molecule is C=C(N)[C@@H]1N(S(=O)(=O)c2ccc(Oc3ccncc3)cc2)CCSC1(C)C. The molecule has 3 rings (SSSR count). The first-order valence-electron chi connectivity index (χ1n) is 8.50. The highest BCUT2D eigenvalue weighted by Gasteiger charge is 2.44. The number of pyridine rings is 1. The molecule has 1 aromatic heterocycles. The maximum Gasteiger partial charge on any atom is 0.243 e. The number of nitrogens with two attached hydrogens (primary N) is 1. The van der Waals surface area contributed by atoms with E-state index in [2.05, 4.69) is 11.6 Å². The van der Waals surface area contributed by atoms with Gasteiger partial charge in [0.25, 0.3) is 0 Å². The number of ether oxygens (including phenoxy) is 1. The first-order valence-corrected chi connectivity index (χ1v) is 10.9. The highest BCUT2D eigenvalue weighted by atomic mass is 32.2. The van der Waals surface area contributed by atoms with Gasteiger partial charge in [0.05, 0.1) is 10.9 Å². The Hall–Kier alpha value is -2.03. The van der Waals surface area contributed by atoms with Gasteiger partial charge in [-0.25, -0.2) is 8.42 Å². The van der Waals surface area contributed by atoms with Crippen LogP contribution < -0.4 is 10.5 Å². The number of rotatable bonds is 5. The molecule has 8 heteroatoms. The molecular weight excluding hydrogens is 382 g/mol. The van der Waals surface area contributed by atoms with Crippen LogP contribution in [0.25, 0.3) is 0 Å². The lowest BCUT2D eigenvalue weighted by molar-refractivity contribution is 0.309. The summed E-state index contributed by atoms with van der Waals surface area (Å²) >= 11 is 1.70. The van der Waals surface area contributed by atoms with E-state index in [4.69, 9.17) is 10.5 Å². The molecule has 0 radical (unpaired) electrons. The van der Waals surface area contributed by atoms with Gasteiger partial charge >= 0.3 is 0 Å². The minimum absolute atomic E-state index is 0.207. The molecule has 1 aromatic carbocycles. The highest BCUT2D eigenvalue weighted by molar-refractivity contribution is 8.00. The van der Waals surface area contributed by atoms with E-state index in [1.807, 2.05) is 13.8 Å². The molecule has 2 heterocycles. The van der Waals surface area contributed by atoms with Crippen molar-refractivity contribution < 1.29 is 13.2 Å². The molecule has 144 valence electrons. The second-order valence-electron chi connectivity index (χ2n) is 6.80. The van der Waals surface area contributed by atoms with Crippen molar-refractivity contribution in [3.8, 4) is 11.5 Å². The van der Waals surface area contributed by atoms with Crippen LogP contribution in [0.2, 0.25) is 0 Å². The van der Waals surface area contributed by atoms with E-state index in [0.29, 0.717) is 29.5 Å². The largest absolute Gasteiger partial charge is 0.457 e. The van der Waals surface area contributed by atoms with E-state index in [0.717, 1.165) is 0 Å². The predicted octanol–water partition coefficient (Wildman–Crippen LogP) is 3.23. The van der Waals surface area contributed by atoms with Crippen LogP contribution in [-0.4, -0.2) is 40.8 Å². The van der Waals surface area contributed by atoms with E-state index in [1.165, 1.54) is 4.31 Å². The maximum absolute atomic E-state index is 13.2. The van der Waals surface area contributed by atoms with Crippen molar-refractivity contribution in [1.29, 1.82) is 0 Å². The number of thioether (sulfide) groups is 1. The van der Waals surface area contributed by atoms with Crippen LogP contribution in [0.1, 0.15) is 13.8 Å². The van der Waals surface area contributed by atoms with E-state index in [-0.39, 0.29) is 9.64 Å². The van der Waals surface area contributed by atoms with Crippen LogP contribution in [-0.2, 0) is 10.0 Å². The minimum atomic E-state index is -3.70. The van der Waals surface area contributed by atoms with E-state index in [1.54, 1.807) is 60.6 Å². The lowest BCUT2D eigenvalue weighted by Gasteiger charge is -2.45. The van der Waals surface area contributed by atoms with Crippen molar-refractivity contribution in [2.75, 3.05) is 12.3 Å². The van der Waals surface area contributed by atoms with Crippen LogP contribution in [0.4, 0.5) is 0 Å². The molecule has 27 heavy (non-hydrogen) atoms. The number of benzene rings is 1. The Balaban J connectivity index is 1.87. The normalized spacial score (nSPS) is 20.1. The number of nitrogens with zero attached hydrogens (tertiary/aromatic N) is 2. The van der Waals surface area contributed by atoms with Crippen LogP contribution in [0, 0.1) is 0 Å². The Morgan fingerprint density at radius 3 is 2.41 bits per heavy atom. The number of hydrogen-bond donors (Lipinski definition) is 1. The molecule has 1 fully saturated rings. The Labute approximate surface area is 164 Å². The first-order chi connectivity index (χ1) is 12.7. The molecule has 0 amide bonds. The Morgan fingerprint density at radius 1 is 1.22 bits per heavy atom. The second-order valence-corrected chi connectivity index (χ2v) is 10.4. The molecule has 0 bridgehead atoms. The predicted molar refractivity (Wildman–Crippen MR) is 108 cm³/mol. The summed E-state index contributed by atoms with van der Waals surface area (Å²) in [7, 11) is -3.70. The van der Waals surface area contributed by atoms with Crippen molar-refractivity contribution >= 4 is 21.8 Å². The molecular formula is C19H23N3O3S2. The van der Waals surface area contributed by atoms with Gasteiger partial charge in [-0.15, -0.1) is 0 Å². The lowest BCUT2D eigenvalue weighted by atomic mass is 10.0. The molecule has 0 spiro atoms. The van der Waals surface area contributed by atoms with Crippen LogP contribution in [0.5, 0.6) is 11.5 Å². The third kappa shape index (κ3) is 4.12. The summed E-state index contributed by atoms with van der Waals surface area (Å²) in [5, 5.41) is 0. The van der Waals surface area contributed by atoms with Gasteiger partial charge in [0, 0.05) is 35.1 Å².